The van der Waals surface area contributed by atoms with Crippen LogP contribution in [0.25, 0.3) is 16.9 Å². The van der Waals surface area contributed by atoms with Gasteiger partial charge in [-0.3, -0.25) is 9.69 Å². The Morgan fingerprint density at radius 1 is 1.00 bits per heavy atom. The number of likely N-dealkylation sites (tertiary alicyclic amines) is 1. The van der Waals surface area contributed by atoms with Gasteiger partial charge < -0.3 is 9.64 Å². The van der Waals surface area contributed by atoms with E-state index in [1.807, 2.05) is 29.2 Å². The first kappa shape index (κ1) is 25.1. The standard InChI is InChI=1S/C27H28F2N4O4S/c28-27(29)8-10-31(11-9-27)17-19-4-3-5-20(16-19)33-25-21-6-1-2-7-23(21)38(35,36)18-22(25)24(30-33)26(34)32-12-14-37-15-13-32/h1-7,16H,8-15,17-18H2. The van der Waals surface area contributed by atoms with Crippen LogP contribution in [0, 0.1) is 0 Å². The van der Waals surface area contributed by atoms with E-state index in [4.69, 9.17) is 9.84 Å². The Bertz CT molecular complexity index is 1490. The van der Waals surface area contributed by atoms with Crippen molar-refractivity contribution in [3.63, 3.8) is 0 Å². The lowest BCUT2D eigenvalue weighted by molar-refractivity contribution is -0.0566. The number of fused-ring (bicyclic) bond motifs is 3. The van der Waals surface area contributed by atoms with Gasteiger partial charge in [0.25, 0.3) is 11.8 Å². The van der Waals surface area contributed by atoms with Gasteiger partial charge in [-0.1, -0.05) is 30.3 Å². The summed E-state index contributed by atoms with van der Waals surface area (Å²) in [6.07, 6.45) is -0.310. The van der Waals surface area contributed by atoms with E-state index in [1.165, 1.54) is 0 Å². The molecule has 38 heavy (non-hydrogen) atoms. The maximum absolute atomic E-state index is 13.6. The van der Waals surface area contributed by atoms with E-state index in [-0.39, 0.29) is 35.1 Å². The highest BCUT2D eigenvalue weighted by Gasteiger charge is 2.37. The van der Waals surface area contributed by atoms with Crippen LogP contribution in [0.15, 0.2) is 53.4 Å². The third-order valence-electron chi connectivity index (χ3n) is 7.44. The fraction of sp³-hybridized carbons (Fsp3) is 0.407. The van der Waals surface area contributed by atoms with E-state index in [1.54, 1.807) is 33.8 Å². The Morgan fingerprint density at radius 3 is 2.50 bits per heavy atom. The molecule has 3 aliphatic heterocycles. The molecule has 6 rings (SSSR count). The Morgan fingerprint density at radius 2 is 1.74 bits per heavy atom. The number of rotatable bonds is 4. The highest BCUT2D eigenvalue weighted by atomic mass is 32.2. The van der Waals surface area contributed by atoms with Crippen LogP contribution in [0.1, 0.15) is 34.5 Å². The van der Waals surface area contributed by atoms with Crippen molar-refractivity contribution in [3.05, 3.63) is 65.4 Å². The van der Waals surface area contributed by atoms with E-state index in [0.717, 1.165) is 5.56 Å². The van der Waals surface area contributed by atoms with Crippen LogP contribution in [-0.2, 0) is 26.9 Å². The van der Waals surface area contributed by atoms with Crippen LogP contribution in [0.4, 0.5) is 8.78 Å². The molecule has 0 unspecified atom stereocenters. The van der Waals surface area contributed by atoms with Gasteiger partial charge in [-0.2, -0.15) is 5.10 Å². The second-order valence-corrected chi connectivity index (χ2v) is 12.0. The molecule has 2 saturated heterocycles. The van der Waals surface area contributed by atoms with Crippen LogP contribution in [0.2, 0.25) is 0 Å². The number of halogens is 2. The Balaban J connectivity index is 1.42. The van der Waals surface area contributed by atoms with Crippen molar-refractivity contribution >= 4 is 15.7 Å². The second-order valence-electron chi connectivity index (χ2n) is 10.0. The minimum absolute atomic E-state index is 0.128. The fourth-order valence-corrected chi connectivity index (χ4v) is 7.02. The number of nitrogens with zero attached hydrogens (tertiary/aromatic N) is 4. The first-order chi connectivity index (χ1) is 18.2. The number of carbonyl (C=O) groups excluding carboxylic acids is 1. The lowest BCUT2D eigenvalue weighted by Gasteiger charge is -2.31. The van der Waals surface area contributed by atoms with Gasteiger partial charge in [0, 0.05) is 56.7 Å². The maximum Gasteiger partial charge on any atom is 0.274 e. The third-order valence-corrected chi connectivity index (χ3v) is 9.14. The van der Waals surface area contributed by atoms with Crippen LogP contribution in [-0.4, -0.2) is 79.2 Å². The summed E-state index contributed by atoms with van der Waals surface area (Å²) in [4.78, 5) is 17.4. The molecule has 0 bridgehead atoms. The number of amides is 1. The maximum atomic E-state index is 13.6. The minimum atomic E-state index is -3.66. The predicted molar refractivity (Wildman–Crippen MR) is 136 cm³/mol. The molecule has 3 aliphatic rings. The molecular formula is C27H28F2N4O4S. The number of carbonyl (C=O) groups is 1. The van der Waals surface area contributed by atoms with Crippen molar-refractivity contribution < 1.29 is 26.7 Å². The zero-order valence-electron chi connectivity index (χ0n) is 20.8. The van der Waals surface area contributed by atoms with Crippen molar-refractivity contribution in [1.82, 2.24) is 19.6 Å². The topological polar surface area (TPSA) is 84.7 Å². The summed E-state index contributed by atoms with van der Waals surface area (Å²) in [5.41, 5.74) is 3.21. The number of aromatic nitrogens is 2. The summed E-state index contributed by atoms with van der Waals surface area (Å²) in [5, 5.41) is 4.72. The van der Waals surface area contributed by atoms with Crippen LogP contribution < -0.4 is 0 Å². The van der Waals surface area contributed by atoms with Gasteiger partial charge in [0.2, 0.25) is 0 Å². The molecular weight excluding hydrogens is 514 g/mol. The molecule has 0 N–H and O–H groups in total. The van der Waals surface area contributed by atoms with E-state index in [2.05, 4.69) is 0 Å². The van der Waals surface area contributed by atoms with Crippen molar-refractivity contribution in [2.45, 2.75) is 36.0 Å². The van der Waals surface area contributed by atoms with E-state index in [0.29, 0.717) is 68.4 Å². The van der Waals surface area contributed by atoms with Gasteiger partial charge >= 0.3 is 0 Å². The number of benzene rings is 2. The number of hydrogen-bond acceptors (Lipinski definition) is 6. The first-order valence-electron chi connectivity index (χ1n) is 12.7. The predicted octanol–water partition coefficient (Wildman–Crippen LogP) is 3.53. The molecule has 0 radical (unpaired) electrons. The lowest BCUT2D eigenvalue weighted by atomic mass is 10.0. The molecule has 3 aromatic rings. The average molecular weight is 543 g/mol. The summed E-state index contributed by atoms with van der Waals surface area (Å²) in [7, 11) is -3.66. The SMILES string of the molecule is O=C(c1nn(-c2cccc(CN3CCC(F)(F)CC3)c2)c2c1CS(=O)(=O)c1ccccc1-2)N1CCOCC1. The van der Waals surface area contributed by atoms with Gasteiger partial charge in [-0.05, 0) is 23.8 Å². The molecule has 8 nitrogen and oxygen atoms in total. The average Bonchev–Trinajstić information content (AvgIpc) is 3.29. The molecule has 1 aromatic heterocycles. The lowest BCUT2D eigenvalue weighted by Crippen LogP contribution is -2.41. The van der Waals surface area contributed by atoms with Crippen LogP contribution >= 0.6 is 0 Å². The Labute approximate surface area is 219 Å². The van der Waals surface area contributed by atoms with E-state index < -0.39 is 15.8 Å². The van der Waals surface area contributed by atoms with Gasteiger partial charge in [0.05, 0.1) is 35.2 Å². The normalized spacial score (nSPS) is 20.5. The highest BCUT2D eigenvalue weighted by Crippen LogP contribution is 2.41. The van der Waals surface area contributed by atoms with Gasteiger partial charge in [0.15, 0.2) is 15.5 Å². The molecule has 11 heteroatoms. The molecule has 0 atom stereocenters. The smallest absolute Gasteiger partial charge is 0.274 e. The summed E-state index contributed by atoms with van der Waals surface area (Å²) >= 11 is 0. The summed E-state index contributed by atoms with van der Waals surface area (Å²) in [5.74, 6) is -3.24. The van der Waals surface area contributed by atoms with Crippen molar-refractivity contribution in [3.8, 4) is 16.9 Å². The quantitative estimate of drug-likeness (QED) is 0.502. The zero-order chi connectivity index (χ0) is 26.5. The molecule has 2 fully saturated rings. The minimum Gasteiger partial charge on any atom is -0.378 e. The van der Waals surface area contributed by atoms with Gasteiger partial charge in [-0.25, -0.2) is 21.9 Å². The van der Waals surface area contributed by atoms with Crippen LogP contribution in [0.5, 0.6) is 0 Å². The van der Waals surface area contributed by atoms with Gasteiger partial charge in [0.1, 0.15) is 0 Å². The third kappa shape index (κ3) is 4.63. The molecule has 1 amide bonds. The van der Waals surface area contributed by atoms with Crippen LogP contribution in [0.3, 0.4) is 0 Å². The number of alkyl halides is 2. The molecule has 2 aromatic carbocycles. The van der Waals surface area contributed by atoms with E-state index >= 15 is 0 Å². The van der Waals surface area contributed by atoms with Gasteiger partial charge in [-0.15, -0.1) is 0 Å². The second kappa shape index (κ2) is 9.55. The number of hydrogen-bond donors (Lipinski definition) is 0. The number of sulfone groups is 1. The first-order valence-corrected chi connectivity index (χ1v) is 14.4. The Hall–Kier alpha value is -3.15. The number of piperidine rings is 1. The number of morpholine rings is 1. The monoisotopic (exact) mass is 542 g/mol. The Kier molecular flexibility index (Phi) is 6.32. The van der Waals surface area contributed by atoms with Crippen molar-refractivity contribution in [2.75, 3.05) is 39.4 Å². The van der Waals surface area contributed by atoms with E-state index in [9.17, 15) is 22.0 Å². The number of ether oxygens (including phenoxy) is 1. The highest BCUT2D eigenvalue weighted by molar-refractivity contribution is 7.90. The fourth-order valence-electron chi connectivity index (χ4n) is 5.42. The van der Waals surface area contributed by atoms with Crippen molar-refractivity contribution in [2.24, 2.45) is 0 Å². The summed E-state index contributed by atoms with van der Waals surface area (Å²) in [6, 6.07) is 14.4. The summed E-state index contributed by atoms with van der Waals surface area (Å²) in [6.45, 7) is 2.80. The van der Waals surface area contributed by atoms with Crippen molar-refractivity contribution in [1.29, 1.82) is 0 Å². The molecule has 0 saturated carbocycles. The summed E-state index contributed by atoms with van der Waals surface area (Å²) < 4.78 is 60.7. The molecule has 4 heterocycles. The molecule has 200 valence electrons. The molecule has 0 spiro atoms. The zero-order valence-corrected chi connectivity index (χ0v) is 21.6. The molecule has 0 aliphatic carbocycles. The largest absolute Gasteiger partial charge is 0.378 e.